The number of hydrogen-bond acceptors (Lipinski definition) is 10. The largest absolute Gasteiger partial charge is 0.496 e. The first-order valence-corrected chi connectivity index (χ1v) is 13.6. The molecular weight excluding hydrogens is 534 g/mol. The number of amides is 1. The molecule has 13 heteroatoms. The minimum atomic E-state index is -4.08. The summed E-state index contributed by atoms with van der Waals surface area (Å²) in [6.07, 6.45) is 0.430. The minimum absolute atomic E-state index is 0.0669. The number of sulfonamides is 1. The van der Waals surface area contributed by atoms with E-state index in [1.165, 1.54) is 49.8 Å². The number of thiophene rings is 1. The molecule has 4 rings (SSSR count). The molecule has 0 spiro atoms. The van der Waals surface area contributed by atoms with Crippen molar-refractivity contribution in [1.82, 2.24) is 5.01 Å². The van der Waals surface area contributed by atoms with Crippen molar-refractivity contribution in [2.75, 3.05) is 27.9 Å². The van der Waals surface area contributed by atoms with Gasteiger partial charge in [0.05, 0.1) is 42.9 Å². The Labute approximate surface area is 223 Å². The Morgan fingerprint density at radius 2 is 1.74 bits per heavy atom. The molecule has 3 aromatic rings. The molecule has 1 atom stereocenters. The summed E-state index contributed by atoms with van der Waals surface area (Å²) in [6.45, 7) is -0.646. The summed E-state index contributed by atoms with van der Waals surface area (Å²) in [7, 11) is 0.283. The van der Waals surface area contributed by atoms with Crippen LogP contribution in [0.5, 0.6) is 17.2 Å². The van der Waals surface area contributed by atoms with E-state index in [4.69, 9.17) is 24.1 Å². The number of carbonyl (C=O) groups excluding carboxylic acids is 2. The van der Waals surface area contributed by atoms with Crippen LogP contribution in [0.2, 0.25) is 0 Å². The van der Waals surface area contributed by atoms with Crippen LogP contribution in [0, 0.1) is 0 Å². The third kappa shape index (κ3) is 5.64. The van der Waals surface area contributed by atoms with Crippen molar-refractivity contribution in [2.45, 2.75) is 17.4 Å². The van der Waals surface area contributed by atoms with Crippen molar-refractivity contribution >= 4 is 38.9 Å². The second-order valence-corrected chi connectivity index (χ2v) is 10.6. The highest BCUT2D eigenvalue weighted by atomic mass is 32.2. The fraction of sp³-hybridized carbons (Fsp3) is 0.240. The van der Waals surface area contributed by atoms with Crippen molar-refractivity contribution in [3.63, 3.8) is 0 Å². The average molecular weight is 560 g/mol. The first-order chi connectivity index (χ1) is 18.2. The molecule has 0 saturated heterocycles. The first kappa shape index (κ1) is 27.1. The summed E-state index contributed by atoms with van der Waals surface area (Å²) in [6, 6.07) is 12.2. The molecule has 1 amide bonds. The lowest BCUT2D eigenvalue weighted by Gasteiger charge is -2.23. The lowest BCUT2D eigenvalue weighted by Crippen LogP contribution is -2.31. The third-order valence-corrected chi connectivity index (χ3v) is 7.64. The second-order valence-electron chi connectivity index (χ2n) is 8.08. The zero-order valence-corrected chi connectivity index (χ0v) is 22.4. The number of hydrogen-bond donors (Lipinski definition) is 1. The molecule has 0 unspecified atom stereocenters. The Kier molecular flexibility index (Phi) is 7.99. The number of carbonyl (C=O) groups is 2. The van der Waals surface area contributed by atoms with Gasteiger partial charge in [0.2, 0.25) is 10.0 Å². The number of methoxy groups -OCH3 is 3. The normalized spacial score (nSPS) is 15.1. The van der Waals surface area contributed by atoms with Gasteiger partial charge in [0.15, 0.2) is 18.1 Å². The first-order valence-electron chi connectivity index (χ1n) is 11.2. The molecule has 2 heterocycles. The number of hydrazone groups is 1. The Morgan fingerprint density at radius 1 is 1.03 bits per heavy atom. The number of nitrogens with two attached hydrogens (primary N) is 1. The van der Waals surface area contributed by atoms with E-state index in [2.05, 4.69) is 5.10 Å². The number of nitrogens with zero attached hydrogens (tertiary/aromatic N) is 2. The molecule has 2 aromatic carbocycles. The Morgan fingerprint density at radius 3 is 2.37 bits per heavy atom. The van der Waals surface area contributed by atoms with Gasteiger partial charge in [-0.2, -0.15) is 5.10 Å². The average Bonchev–Trinajstić information content (AvgIpc) is 3.61. The topological polar surface area (TPSA) is 147 Å². The van der Waals surface area contributed by atoms with Crippen LogP contribution in [0.3, 0.4) is 0 Å². The Bertz CT molecular complexity index is 1490. The number of benzene rings is 2. The summed E-state index contributed by atoms with van der Waals surface area (Å²) in [5.74, 6) is -0.431. The van der Waals surface area contributed by atoms with Crippen LogP contribution in [-0.4, -0.2) is 59.0 Å². The van der Waals surface area contributed by atoms with E-state index in [-0.39, 0.29) is 16.2 Å². The van der Waals surface area contributed by atoms with Crippen LogP contribution in [0.15, 0.2) is 63.9 Å². The fourth-order valence-corrected chi connectivity index (χ4v) is 5.21. The zero-order valence-electron chi connectivity index (χ0n) is 20.7. The van der Waals surface area contributed by atoms with Gasteiger partial charge in [-0.05, 0) is 47.3 Å². The summed E-state index contributed by atoms with van der Waals surface area (Å²) < 4.78 is 44.6. The van der Waals surface area contributed by atoms with E-state index < -0.39 is 34.5 Å². The van der Waals surface area contributed by atoms with Gasteiger partial charge >= 0.3 is 5.97 Å². The SMILES string of the molecule is COc1ccc([C@H]2CC(c3cccs3)=NN2C(=O)COC(=O)c2cc(S(N)(=O)=O)ccc2OC)cc1OC. The van der Waals surface area contributed by atoms with E-state index in [1.54, 1.807) is 12.1 Å². The zero-order chi connectivity index (χ0) is 27.4. The van der Waals surface area contributed by atoms with Crippen LogP contribution in [0.25, 0.3) is 0 Å². The van der Waals surface area contributed by atoms with Crippen molar-refractivity contribution in [3.05, 3.63) is 69.9 Å². The lowest BCUT2D eigenvalue weighted by molar-refractivity contribution is -0.136. The number of primary sulfonamides is 1. The van der Waals surface area contributed by atoms with Crippen molar-refractivity contribution < 1.29 is 37.0 Å². The highest BCUT2D eigenvalue weighted by Gasteiger charge is 2.34. The van der Waals surface area contributed by atoms with Crippen molar-refractivity contribution in [3.8, 4) is 17.2 Å². The molecule has 38 heavy (non-hydrogen) atoms. The highest BCUT2D eigenvalue weighted by Crippen LogP contribution is 2.38. The smallest absolute Gasteiger partial charge is 0.342 e. The molecule has 0 aliphatic carbocycles. The Hall–Kier alpha value is -3.94. The van der Waals surface area contributed by atoms with Gasteiger partial charge in [0.1, 0.15) is 11.3 Å². The molecule has 1 aliphatic rings. The number of esters is 1. The molecule has 0 radical (unpaired) electrons. The van der Waals surface area contributed by atoms with Crippen LogP contribution < -0.4 is 19.3 Å². The number of rotatable bonds is 9. The Balaban J connectivity index is 1.59. The van der Waals surface area contributed by atoms with Crippen LogP contribution in [0.4, 0.5) is 0 Å². The molecule has 1 aromatic heterocycles. The molecular formula is C25H25N3O8S2. The van der Waals surface area contributed by atoms with Gasteiger partial charge < -0.3 is 18.9 Å². The van der Waals surface area contributed by atoms with E-state index in [0.29, 0.717) is 23.6 Å². The molecule has 200 valence electrons. The van der Waals surface area contributed by atoms with Crippen LogP contribution >= 0.6 is 11.3 Å². The quantitative estimate of drug-likeness (QED) is 0.394. The summed E-state index contributed by atoms with van der Waals surface area (Å²) in [5, 5.41) is 12.9. The predicted molar refractivity (Wildman–Crippen MR) is 139 cm³/mol. The second kappa shape index (κ2) is 11.2. The van der Waals surface area contributed by atoms with Gasteiger partial charge in [-0.3, -0.25) is 4.79 Å². The highest BCUT2D eigenvalue weighted by molar-refractivity contribution is 7.89. The summed E-state index contributed by atoms with van der Waals surface area (Å²) >= 11 is 1.50. The van der Waals surface area contributed by atoms with E-state index in [1.807, 2.05) is 23.6 Å². The molecule has 1 aliphatic heterocycles. The fourth-order valence-electron chi connectivity index (χ4n) is 3.95. The number of ether oxygens (including phenoxy) is 4. The van der Waals surface area contributed by atoms with E-state index in [0.717, 1.165) is 16.5 Å². The molecule has 2 N–H and O–H groups in total. The molecule has 11 nitrogen and oxygen atoms in total. The minimum Gasteiger partial charge on any atom is -0.496 e. The van der Waals surface area contributed by atoms with E-state index >= 15 is 0 Å². The summed E-state index contributed by atoms with van der Waals surface area (Å²) in [4.78, 5) is 26.7. The van der Waals surface area contributed by atoms with Crippen LogP contribution in [0.1, 0.15) is 33.3 Å². The predicted octanol–water partition coefficient (Wildman–Crippen LogP) is 2.96. The van der Waals surface area contributed by atoms with Gasteiger partial charge in [-0.1, -0.05) is 12.1 Å². The van der Waals surface area contributed by atoms with Crippen molar-refractivity contribution in [1.29, 1.82) is 0 Å². The van der Waals surface area contributed by atoms with Gasteiger partial charge in [0.25, 0.3) is 5.91 Å². The molecule has 0 saturated carbocycles. The monoisotopic (exact) mass is 559 g/mol. The maximum absolute atomic E-state index is 13.3. The molecule has 0 bridgehead atoms. The summed E-state index contributed by atoms with van der Waals surface area (Å²) in [5.41, 5.74) is 1.27. The van der Waals surface area contributed by atoms with Crippen molar-refractivity contribution in [2.24, 2.45) is 10.2 Å². The van der Waals surface area contributed by atoms with Gasteiger partial charge in [0, 0.05) is 6.42 Å². The third-order valence-electron chi connectivity index (χ3n) is 5.81. The maximum atomic E-state index is 13.3. The van der Waals surface area contributed by atoms with Gasteiger partial charge in [-0.15, -0.1) is 11.3 Å². The lowest BCUT2D eigenvalue weighted by atomic mass is 10.0. The standard InChI is InChI=1S/C25H25N3O8S2/c1-33-20-9-7-16(38(26,31)32)12-17(20)25(30)36-14-24(29)28-19(13-18(27-28)23-5-4-10-37-23)15-6-8-21(34-2)22(11-15)35-3/h4-12,19H,13-14H2,1-3H3,(H2,26,31,32)/t19-/m1/s1. The molecule has 0 fully saturated rings. The van der Waals surface area contributed by atoms with Gasteiger partial charge in [-0.25, -0.2) is 23.4 Å². The van der Waals surface area contributed by atoms with Crippen LogP contribution in [-0.2, 0) is 19.6 Å². The maximum Gasteiger partial charge on any atom is 0.342 e. The van der Waals surface area contributed by atoms with E-state index in [9.17, 15) is 18.0 Å².